The summed E-state index contributed by atoms with van der Waals surface area (Å²) >= 11 is 1.58. The van der Waals surface area contributed by atoms with Gasteiger partial charge in [0, 0.05) is 23.4 Å². The third-order valence-electron chi connectivity index (χ3n) is 4.36. The third-order valence-corrected chi connectivity index (χ3v) is 5.29. The number of rotatable bonds is 11. The second-order valence-electron chi connectivity index (χ2n) is 6.23. The quantitative estimate of drug-likeness (QED) is 0.256. The summed E-state index contributed by atoms with van der Waals surface area (Å²) in [7, 11) is 1.65. The van der Waals surface area contributed by atoms with Crippen LogP contribution >= 0.6 is 11.8 Å². The highest BCUT2D eigenvalue weighted by Gasteiger charge is 2.13. The van der Waals surface area contributed by atoms with Crippen LogP contribution in [0.2, 0.25) is 0 Å². The van der Waals surface area contributed by atoms with E-state index in [1.54, 1.807) is 37.1 Å². The number of nitrogens with zero attached hydrogens (tertiary/aromatic N) is 3. The summed E-state index contributed by atoms with van der Waals surface area (Å²) in [5, 5.41) is 9.55. The number of aldehydes is 1. The molecule has 1 aromatic heterocycles. The predicted molar refractivity (Wildman–Crippen MR) is 117 cm³/mol. The summed E-state index contributed by atoms with van der Waals surface area (Å²) in [6, 6.07) is 12.9. The number of thioether (sulfide) groups is 1. The van der Waals surface area contributed by atoms with E-state index in [0.717, 1.165) is 35.1 Å². The van der Waals surface area contributed by atoms with E-state index in [0.29, 0.717) is 36.0 Å². The molecule has 0 fully saturated rings. The molecule has 8 heteroatoms. The topological polar surface area (TPSA) is 75.5 Å². The van der Waals surface area contributed by atoms with Gasteiger partial charge >= 0.3 is 0 Å². The second kappa shape index (κ2) is 10.7. The van der Waals surface area contributed by atoms with Crippen molar-refractivity contribution in [3.05, 3.63) is 48.0 Å². The molecule has 0 saturated carbocycles. The standard InChI is InChI=1S/C22H25N3O4S/c1-4-25-21(17-7-9-18(27-3)10-8-17)23-24-22(25)30-13-12-29-19-11-6-16(15-26)14-20(19)28-5-2/h6-11,14-15H,4-5,12-13H2,1-3H3. The van der Waals surface area contributed by atoms with Crippen molar-refractivity contribution in [2.45, 2.75) is 25.5 Å². The summed E-state index contributed by atoms with van der Waals surface area (Å²) in [6.07, 6.45) is 0.792. The molecule has 0 N–H and O–H groups in total. The Labute approximate surface area is 180 Å². The van der Waals surface area contributed by atoms with Crippen molar-refractivity contribution in [1.82, 2.24) is 14.8 Å². The fraction of sp³-hybridized carbons (Fsp3) is 0.318. The Hall–Kier alpha value is -3.00. The SMILES string of the molecule is CCOc1cc(C=O)ccc1OCCSc1nnc(-c2ccc(OC)cc2)n1CC. The van der Waals surface area contributed by atoms with Gasteiger partial charge in [-0.2, -0.15) is 0 Å². The maximum Gasteiger partial charge on any atom is 0.191 e. The lowest BCUT2D eigenvalue weighted by molar-refractivity contribution is 0.112. The largest absolute Gasteiger partial charge is 0.497 e. The molecule has 0 saturated heterocycles. The lowest BCUT2D eigenvalue weighted by atomic mass is 10.2. The molecule has 0 radical (unpaired) electrons. The maximum absolute atomic E-state index is 11.0. The molecule has 0 spiro atoms. The molecule has 158 valence electrons. The highest BCUT2D eigenvalue weighted by Crippen LogP contribution is 2.29. The molecule has 3 aromatic rings. The van der Waals surface area contributed by atoms with E-state index in [-0.39, 0.29) is 0 Å². The third kappa shape index (κ3) is 5.13. The fourth-order valence-corrected chi connectivity index (χ4v) is 3.72. The van der Waals surface area contributed by atoms with Crippen LogP contribution in [0.25, 0.3) is 11.4 Å². The minimum atomic E-state index is 0.472. The summed E-state index contributed by atoms with van der Waals surface area (Å²) in [5.41, 5.74) is 1.55. The molecule has 0 aliphatic heterocycles. The Balaban J connectivity index is 1.63. The van der Waals surface area contributed by atoms with Crippen LogP contribution in [0.5, 0.6) is 17.2 Å². The highest BCUT2D eigenvalue weighted by molar-refractivity contribution is 7.99. The van der Waals surface area contributed by atoms with Crippen molar-refractivity contribution >= 4 is 18.0 Å². The molecule has 0 amide bonds. The minimum Gasteiger partial charge on any atom is -0.497 e. The van der Waals surface area contributed by atoms with E-state index in [1.807, 2.05) is 31.2 Å². The number of methoxy groups -OCH3 is 1. The number of aromatic nitrogens is 3. The zero-order valence-electron chi connectivity index (χ0n) is 17.3. The number of hydrogen-bond acceptors (Lipinski definition) is 7. The number of carbonyl (C=O) groups is 1. The normalized spacial score (nSPS) is 10.6. The van der Waals surface area contributed by atoms with Crippen LogP contribution in [0.4, 0.5) is 0 Å². The summed E-state index contributed by atoms with van der Waals surface area (Å²) in [4.78, 5) is 11.0. The van der Waals surface area contributed by atoms with Gasteiger partial charge in [-0.25, -0.2) is 0 Å². The predicted octanol–water partition coefficient (Wildman–Crippen LogP) is 4.36. The van der Waals surface area contributed by atoms with Crippen molar-refractivity contribution in [1.29, 1.82) is 0 Å². The lowest BCUT2D eigenvalue weighted by Gasteiger charge is -2.12. The van der Waals surface area contributed by atoms with Crippen LogP contribution in [0.3, 0.4) is 0 Å². The zero-order chi connectivity index (χ0) is 21.3. The number of benzene rings is 2. The Kier molecular flexibility index (Phi) is 7.73. The molecule has 0 aliphatic rings. The molecule has 0 aliphatic carbocycles. The molecule has 30 heavy (non-hydrogen) atoms. The van der Waals surface area contributed by atoms with Crippen molar-refractivity contribution in [2.24, 2.45) is 0 Å². The first-order valence-electron chi connectivity index (χ1n) is 9.75. The van der Waals surface area contributed by atoms with Gasteiger partial charge in [-0.05, 0) is 56.3 Å². The van der Waals surface area contributed by atoms with Crippen molar-refractivity contribution in [3.8, 4) is 28.6 Å². The van der Waals surface area contributed by atoms with Crippen LogP contribution in [0.15, 0.2) is 47.6 Å². The van der Waals surface area contributed by atoms with Gasteiger partial charge < -0.3 is 18.8 Å². The maximum atomic E-state index is 11.0. The molecule has 0 unspecified atom stereocenters. The van der Waals surface area contributed by atoms with Gasteiger partial charge in [0.25, 0.3) is 0 Å². The molecule has 3 rings (SSSR count). The van der Waals surface area contributed by atoms with Gasteiger partial charge in [0.15, 0.2) is 22.5 Å². The molecule has 0 bridgehead atoms. The van der Waals surface area contributed by atoms with E-state index in [4.69, 9.17) is 14.2 Å². The summed E-state index contributed by atoms with van der Waals surface area (Å²) < 4.78 is 18.7. The van der Waals surface area contributed by atoms with Gasteiger partial charge in [0.1, 0.15) is 12.0 Å². The first-order chi connectivity index (χ1) is 14.7. The van der Waals surface area contributed by atoms with Crippen molar-refractivity contribution in [2.75, 3.05) is 26.1 Å². The van der Waals surface area contributed by atoms with E-state index in [1.165, 1.54) is 0 Å². The molecular weight excluding hydrogens is 402 g/mol. The van der Waals surface area contributed by atoms with Crippen molar-refractivity contribution in [3.63, 3.8) is 0 Å². The molecule has 0 atom stereocenters. The Morgan fingerprint density at radius 1 is 1.03 bits per heavy atom. The van der Waals surface area contributed by atoms with Crippen LogP contribution in [-0.2, 0) is 6.54 Å². The first kappa shape index (κ1) is 21.7. The average molecular weight is 428 g/mol. The number of ether oxygens (including phenoxy) is 3. The zero-order valence-corrected chi connectivity index (χ0v) is 18.1. The monoisotopic (exact) mass is 427 g/mol. The summed E-state index contributed by atoms with van der Waals surface area (Å²) in [6.45, 7) is 5.70. The Morgan fingerprint density at radius 2 is 1.83 bits per heavy atom. The van der Waals surface area contributed by atoms with Crippen LogP contribution in [-0.4, -0.2) is 47.1 Å². The molecule has 7 nitrogen and oxygen atoms in total. The molecule has 1 heterocycles. The van der Waals surface area contributed by atoms with E-state index >= 15 is 0 Å². The van der Waals surface area contributed by atoms with Crippen LogP contribution in [0.1, 0.15) is 24.2 Å². The molecule has 2 aromatic carbocycles. The summed E-state index contributed by atoms with van der Waals surface area (Å²) in [5.74, 6) is 3.53. The van der Waals surface area contributed by atoms with Gasteiger partial charge in [-0.3, -0.25) is 4.79 Å². The van der Waals surface area contributed by atoms with Crippen LogP contribution in [0, 0.1) is 0 Å². The molecular formula is C22H25N3O4S. The minimum absolute atomic E-state index is 0.472. The Bertz CT molecular complexity index is 973. The van der Waals surface area contributed by atoms with Crippen molar-refractivity contribution < 1.29 is 19.0 Å². The highest BCUT2D eigenvalue weighted by atomic mass is 32.2. The fourth-order valence-electron chi connectivity index (χ4n) is 2.90. The average Bonchev–Trinajstić information content (AvgIpc) is 3.20. The van der Waals surface area contributed by atoms with Gasteiger partial charge in [0.2, 0.25) is 0 Å². The van der Waals surface area contributed by atoms with Gasteiger partial charge in [0.05, 0.1) is 20.3 Å². The van der Waals surface area contributed by atoms with E-state index in [2.05, 4.69) is 21.7 Å². The lowest BCUT2D eigenvalue weighted by Crippen LogP contribution is -2.05. The van der Waals surface area contributed by atoms with Crippen LogP contribution < -0.4 is 14.2 Å². The Morgan fingerprint density at radius 3 is 2.50 bits per heavy atom. The number of carbonyl (C=O) groups excluding carboxylic acids is 1. The van der Waals surface area contributed by atoms with E-state index in [9.17, 15) is 4.79 Å². The van der Waals surface area contributed by atoms with E-state index < -0.39 is 0 Å². The van der Waals surface area contributed by atoms with Gasteiger partial charge in [-0.15, -0.1) is 10.2 Å². The number of hydrogen-bond donors (Lipinski definition) is 0. The smallest absolute Gasteiger partial charge is 0.191 e. The van der Waals surface area contributed by atoms with Gasteiger partial charge in [-0.1, -0.05) is 11.8 Å². The second-order valence-corrected chi connectivity index (χ2v) is 7.29. The first-order valence-corrected chi connectivity index (χ1v) is 10.7.